The van der Waals surface area contributed by atoms with Crippen LogP contribution in [0, 0.1) is 11.3 Å². The third kappa shape index (κ3) is 2.58. The molecule has 1 spiro atoms. The van der Waals surface area contributed by atoms with Crippen LogP contribution in [0.4, 0.5) is 0 Å². The standard InChI is InChI=1S/C18H29NO3SSi/c1-17(2)12-6-8-18(17)14(10-12)22-16(23)19(18)15(21)11-13(20)7-9-24(3,4)5/h7,9,12-14,20H,6,8,10-11H2,1-5H3/b9-7+/t12-,13+,14-,18+/m1/s1. The van der Waals surface area contributed by atoms with Gasteiger partial charge in [-0.1, -0.05) is 45.3 Å². The smallest absolute Gasteiger partial charge is 0.267 e. The third-order valence-corrected chi connectivity index (χ3v) is 7.79. The number of fused-ring (bicyclic) bond motifs is 1. The topological polar surface area (TPSA) is 49.8 Å². The Balaban J connectivity index is 1.79. The molecule has 0 unspecified atom stereocenters. The van der Waals surface area contributed by atoms with Gasteiger partial charge in [0.2, 0.25) is 5.91 Å². The zero-order chi connectivity index (χ0) is 17.9. The summed E-state index contributed by atoms with van der Waals surface area (Å²) < 4.78 is 5.92. The second kappa shape index (κ2) is 5.64. The van der Waals surface area contributed by atoms with Gasteiger partial charge in [-0.2, -0.15) is 0 Å². The summed E-state index contributed by atoms with van der Waals surface area (Å²) in [6.07, 6.45) is 4.16. The van der Waals surface area contributed by atoms with Gasteiger partial charge in [-0.15, -0.1) is 0 Å². The molecule has 1 amide bonds. The van der Waals surface area contributed by atoms with Crippen molar-refractivity contribution in [3.63, 3.8) is 0 Å². The van der Waals surface area contributed by atoms with Crippen LogP contribution in [0.15, 0.2) is 11.8 Å². The number of nitrogens with zero attached hydrogens (tertiary/aromatic N) is 1. The van der Waals surface area contributed by atoms with Crippen molar-refractivity contribution >= 4 is 31.4 Å². The molecule has 0 radical (unpaired) electrons. The van der Waals surface area contributed by atoms with Gasteiger partial charge in [-0.25, -0.2) is 0 Å². The number of rotatable bonds is 4. The monoisotopic (exact) mass is 367 g/mol. The van der Waals surface area contributed by atoms with Crippen molar-refractivity contribution in [1.82, 2.24) is 4.90 Å². The molecular formula is C18H29NO3SSi. The van der Waals surface area contributed by atoms with Crippen LogP contribution in [-0.2, 0) is 9.53 Å². The van der Waals surface area contributed by atoms with E-state index in [2.05, 4.69) is 39.2 Å². The highest BCUT2D eigenvalue weighted by Gasteiger charge is 2.72. The molecule has 2 aliphatic carbocycles. The second-order valence-corrected chi connectivity index (χ2v) is 14.6. The summed E-state index contributed by atoms with van der Waals surface area (Å²) in [5, 5.41) is 10.6. The Morgan fingerprint density at radius 3 is 2.75 bits per heavy atom. The van der Waals surface area contributed by atoms with E-state index in [1.165, 1.54) is 0 Å². The van der Waals surface area contributed by atoms with Gasteiger partial charge in [0, 0.05) is 0 Å². The van der Waals surface area contributed by atoms with Gasteiger partial charge >= 0.3 is 0 Å². The van der Waals surface area contributed by atoms with Crippen LogP contribution in [0.5, 0.6) is 0 Å². The SMILES string of the molecule is CC1(C)[C@@H]2CC[C@]13[C@@H](C2)OC(=S)N3C(=O)C[C@@H](O)/C=C/[Si](C)(C)C. The van der Waals surface area contributed by atoms with Crippen LogP contribution < -0.4 is 0 Å². The zero-order valence-corrected chi connectivity index (χ0v) is 17.2. The van der Waals surface area contributed by atoms with Crippen molar-refractivity contribution in [2.75, 3.05) is 0 Å². The molecule has 0 aromatic rings. The number of thiocarbonyl (C=S) groups is 1. The molecule has 2 saturated carbocycles. The minimum atomic E-state index is -1.39. The van der Waals surface area contributed by atoms with Crippen LogP contribution >= 0.6 is 12.2 Å². The first-order valence-electron chi connectivity index (χ1n) is 8.90. The van der Waals surface area contributed by atoms with E-state index in [1.807, 2.05) is 0 Å². The predicted molar refractivity (Wildman–Crippen MR) is 101 cm³/mol. The van der Waals surface area contributed by atoms with E-state index in [-0.39, 0.29) is 29.4 Å². The molecule has 3 rings (SSSR count). The maximum Gasteiger partial charge on any atom is 0.267 e. The molecule has 1 heterocycles. The lowest BCUT2D eigenvalue weighted by Gasteiger charge is -2.42. The Kier molecular flexibility index (Phi) is 4.25. The number of carbonyl (C=O) groups is 1. The second-order valence-electron chi connectivity index (χ2n) is 9.22. The quantitative estimate of drug-likeness (QED) is 0.612. The predicted octanol–water partition coefficient (Wildman–Crippen LogP) is 3.26. The Morgan fingerprint density at radius 1 is 1.50 bits per heavy atom. The van der Waals surface area contributed by atoms with E-state index in [0.29, 0.717) is 11.1 Å². The normalized spacial score (nSPS) is 35.4. The van der Waals surface area contributed by atoms with Gasteiger partial charge < -0.3 is 9.84 Å². The van der Waals surface area contributed by atoms with Gasteiger partial charge in [0.05, 0.1) is 26.1 Å². The largest absolute Gasteiger partial charge is 0.465 e. The third-order valence-electron chi connectivity index (χ3n) is 6.32. The average molecular weight is 368 g/mol. The molecule has 4 nitrogen and oxygen atoms in total. The number of hydrogen-bond donors (Lipinski definition) is 1. The lowest BCUT2D eigenvalue weighted by Crippen LogP contribution is -2.57. The van der Waals surface area contributed by atoms with Gasteiger partial charge in [0.1, 0.15) is 6.10 Å². The first-order chi connectivity index (χ1) is 11.0. The van der Waals surface area contributed by atoms with E-state index in [9.17, 15) is 9.90 Å². The van der Waals surface area contributed by atoms with Crippen molar-refractivity contribution in [2.45, 2.75) is 76.9 Å². The summed E-state index contributed by atoms with van der Waals surface area (Å²) in [4.78, 5) is 14.7. The van der Waals surface area contributed by atoms with Crippen molar-refractivity contribution < 1.29 is 14.6 Å². The molecule has 0 aromatic heterocycles. The molecule has 2 bridgehead atoms. The molecule has 3 fully saturated rings. The fraction of sp³-hybridized carbons (Fsp3) is 0.778. The number of ether oxygens (including phenoxy) is 1. The molecule has 134 valence electrons. The zero-order valence-electron chi connectivity index (χ0n) is 15.3. The van der Waals surface area contributed by atoms with Gasteiger partial charge in [-0.3, -0.25) is 9.69 Å². The number of amides is 1. The Bertz CT molecular complexity index is 598. The summed E-state index contributed by atoms with van der Waals surface area (Å²) in [5.74, 6) is 0.475. The molecule has 1 saturated heterocycles. The molecular weight excluding hydrogens is 338 g/mol. The fourth-order valence-electron chi connectivity index (χ4n) is 4.96. The van der Waals surface area contributed by atoms with Gasteiger partial charge in [0.25, 0.3) is 5.17 Å². The molecule has 3 aliphatic rings. The van der Waals surface area contributed by atoms with Crippen LogP contribution in [0.1, 0.15) is 39.5 Å². The van der Waals surface area contributed by atoms with Crippen molar-refractivity contribution in [3.8, 4) is 0 Å². The summed E-state index contributed by atoms with van der Waals surface area (Å²) in [5.41, 5.74) is 1.77. The Labute approximate surface area is 151 Å². The van der Waals surface area contributed by atoms with Gasteiger partial charge in [-0.05, 0) is 42.8 Å². The van der Waals surface area contributed by atoms with Gasteiger partial charge in [0.15, 0.2) is 0 Å². The summed E-state index contributed by atoms with van der Waals surface area (Å²) in [6, 6.07) is 0. The molecule has 1 aliphatic heterocycles. The van der Waals surface area contributed by atoms with Crippen LogP contribution in [-0.4, -0.2) is 46.9 Å². The minimum absolute atomic E-state index is 0.00695. The Hall–Kier alpha value is -0.723. The highest BCUT2D eigenvalue weighted by Crippen LogP contribution is 2.65. The lowest BCUT2D eigenvalue weighted by molar-refractivity contribution is -0.135. The molecule has 24 heavy (non-hydrogen) atoms. The average Bonchev–Trinajstić information content (AvgIpc) is 2.95. The van der Waals surface area contributed by atoms with Crippen LogP contribution in [0.2, 0.25) is 19.6 Å². The van der Waals surface area contributed by atoms with Crippen molar-refractivity contribution in [1.29, 1.82) is 0 Å². The number of hydrogen-bond acceptors (Lipinski definition) is 4. The Morgan fingerprint density at radius 2 is 2.17 bits per heavy atom. The first-order valence-corrected chi connectivity index (χ1v) is 12.9. The number of aliphatic hydroxyl groups is 1. The summed E-state index contributed by atoms with van der Waals surface area (Å²) in [6.45, 7) is 11.1. The minimum Gasteiger partial charge on any atom is -0.465 e. The molecule has 1 N–H and O–H groups in total. The fourth-order valence-corrected chi connectivity index (χ4v) is 6.14. The van der Waals surface area contributed by atoms with Crippen LogP contribution in [0.25, 0.3) is 0 Å². The van der Waals surface area contributed by atoms with E-state index >= 15 is 0 Å². The maximum absolute atomic E-state index is 13.0. The first kappa shape index (κ1) is 18.1. The molecule has 0 aromatic carbocycles. The molecule has 4 atom stereocenters. The highest BCUT2D eigenvalue weighted by atomic mass is 32.1. The van der Waals surface area contributed by atoms with E-state index < -0.39 is 14.2 Å². The van der Waals surface area contributed by atoms with E-state index in [1.54, 1.807) is 11.0 Å². The van der Waals surface area contributed by atoms with Crippen molar-refractivity contribution in [2.24, 2.45) is 11.3 Å². The van der Waals surface area contributed by atoms with E-state index in [4.69, 9.17) is 17.0 Å². The molecule has 6 heteroatoms. The van der Waals surface area contributed by atoms with E-state index in [0.717, 1.165) is 19.3 Å². The maximum atomic E-state index is 13.0. The summed E-state index contributed by atoms with van der Waals surface area (Å²) in [7, 11) is -1.39. The van der Waals surface area contributed by atoms with Crippen LogP contribution in [0.3, 0.4) is 0 Å². The lowest BCUT2D eigenvalue weighted by atomic mass is 9.74. The highest BCUT2D eigenvalue weighted by molar-refractivity contribution is 7.80. The number of carbonyl (C=O) groups excluding carboxylic acids is 1. The van der Waals surface area contributed by atoms with Crippen molar-refractivity contribution in [3.05, 3.63) is 11.8 Å². The number of aliphatic hydroxyl groups excluding tert-OH is 1. The summed E-state index contributed by atoms with van der Waals surface area (Å²) >= 11 is 5.40.